The zero-order valence-electron chi connectivity index (χ0n) is 41.8. The molecule has 64 heavy (non-hydrogen) atoms. The van der Waals surface area contributed by atoms with Gasteiger partial charge < -0.3 is 14.2 Å². The molecule has 0 aliphatic rings. The highest BCUT2D eigenvalue weighted by atomic mass is 16.6. The summed E-state index contributed by atoms with van der Waals surface area (Å²) < 4.78 is 17.3. The van der Waals surface area contributed by atoms with Gasteiger partial charge in [0.25, 0.3) is 0 Å². The monoisotopic (exact) mass is 887 g/mol. The predicted octanol–water partition coefficient (Wildman–Crippen LogP) is 18.0. The first kappa shape index (κ1) is 60.6. The van der Waals surface area contributed by atoms with Crippen LogP contribution in [0.1, 0.15) is 226 Å². The fourth-order valence-corrected chi connectivity index (χ4v) is 6.90. The highest BCUT2D eigenvalue weighted by Gasteiger charge is 2.17. The molecule has 0 fully saturated rings. The van der Waals surface area contributed by atoms with Crippen LogP contribution in [-0.2, 0) is 23.8 Å². The number of unbranched alkanes of at least 4 members (excludes halogenated alkanes) is 18. The topological polar surface area (TPSA) is 61.8 Å². The van der Waals surface area contributed by atoms with Crippen LogP contribution in [-0.4, -0.2) is 37.9 Å². The Balaban J connectivity index is 4.39. The van der Waals surface area contributed by atoms with Crippen molar-refractivity contribution in [1.29, 1.82) is 0 Å². The molecule has 0 saturated carbocycles. The van der Waals surface area contributed by atoms with Gasteiger partial charge >= 0.3 is 11.9 Å². The van der Waals surface area contributed by atoms with Crippen molar-refractivity contribution in [2.45, 2.75) is 232 Å². The fourth-order valence-electron chi connectivity index (χ4n) is 6.90. The molecule has 1 atom stereocenters. The van der Waals surface area contributed by atoms with E-state index in [0.29, 0.717) is 19.4 Å². The third-order valence-electron chi connectivity index (χ3n) is 10.8. The number of hydrogen-bond acceptors (Lipinski definition) is 5. The highest BCUT2D eigenvalue weighted by molar-refractivity contribution is 5.70. The van der Waals surface area contributed by atoms with E-state index in [9.17, 15) is 9.59 Å². The molecule has 0 aliphatic heterocycles. The molecule has 0 N–H and O–H groups in total. The molecule has 0 spiro atoms. The summed E-state index contributed by atoms with van der Waals surface area (Å²) in [5.41, 5.74) is 0. The van der Waals surface area contributed by atoms with Gasteiger partial charge in [-0.1, -0.05) is 201 Å². The van der Waals surface area contributed by atoms with Gasteiger partial charge in [0.15, 0.2) is 6.10 Å². The Morgan fingerprint density at radius 2 is 0.703 bits per heavy atom. The van der Waals surface area contributed by atoms with Gasteiger partial charge in [0.1, 0.15) is 6.61 Å². The van der Waals surface area contributed by atoms with E-state index in [-0.39, 0.29) is 25.2 Å². The number of rotatable bonds is 47. The van der Waals surface area contributed by atoms with E-state index in [1.165, 1.54) is 77.0 Å². The average Bonchev–Trinajstić information content (AvgIpc) is 3.30. The van der Waals surface area contributed by atoms with Crippen LogP contribution in [0.5, 0.6) is 0 Å². The molecule has 0 saturated heterocycles. The van der Waals surface area contributed by atoms with E-state index >= 15 is 0 Å². The number of ether oxygens (including phenoxy) is 3. The minimum absolute atomic E-state index is 0.0478. The largest absolute Gasteiger partial charge is 0.462 e. The maximum absolute atomic E-state index is 12.8. The number of carbonyl (C=O) groups is 2. The van der Waals surface area contributed by atoms with Crippen LogP contribution in [0.3, 0.4) is 0 Å². The third kappa shape index (κ3) is 51.2. The van der Waals surface area contributed by atoms with Crippen LogP contribution >= 0.6 is 0 Å². The van der Waals surface area contributed by atoms with Gasteiger partial charge in [0.2, 0.25) is 0 Å². The maximum atomic E-state index is 12.8. The summed E-state index contributed by atoms with van der Waals surface area (Å²) in [5.74, 6) is -0.465. The summed E-state index contributed by atoms with van der Waals surface area (Å²) in [4.78, 5) is 25.4. The molecular weight excluding hydrogens is 789 g/mol. The number of hydrogen-bond donors (Lipinski definition) is 0. The van der Waals surface area contributed by atoms with Crippen LogP contribution in [0, 0.1) is 0 Å². The predicted molar refractivity (Wildman–Crippen MR) is 279 cm³/mol. The lowest BCUT2D eigenvalue weighted by molar-refractivity contribution is -0.163. The normalized spacial score (nSPS) is 13.1. The highest BCUT2D eigenvalue weighted by Crippen LogP contribution is 2.13. The molecule has 0 radical (unpaired) electrons. The quantitative estimate of drug-likeness (QED) is 0.0346. The Labute approximate surface area is 395 Å². The minimum atomic E-state index is -0.582. The fraction of sp³-hybridized carbons (Fsp3) is 0.661. The van der Waals surface area contributed by atoms with E-state index in [1.807, 2.05) is 0 Å². The molecule has 0 aromatic rings. The summed E-state index contributed by atoms with van der Waals surface area (Å²) in [6.45, 7) is 7.45. The number of carbonyl (C=O) groups excluding carboxylic acids is 2. The Bertz CT molecular complexity index is 1280. The molecule has 0 heterocycles. The van der Waals surface area contributed by atoms with E-state index in [0.717, 1.165) is 116 Å². The molecular formula is C59H98O5. The van der Waals surface area contributed by atoms with E-state index in [1.54, 1.807) is 0 Å². The summed E-state index contributed by atoms with van der Waals surface area (Å²) in [6.07, 6.45) is 73.9. The first-order valence-corrected chi connectivity index (χ1v) is 26.4. The molecule has 0 aromatic heterocycles. The van der Waals surface area contributed by atoms with Gasteiger partial charge in [-0.05, 0) is 122 Å². The first-order chi connectivity index (χ1) is 31.6. The lowest BCUT2D eigenvalue weighted by Gasteiger charge is -2.18. The van der Waals surface area contributed by atoms with Crippen molar-refractivity contribution in [3.63, 3.8) is 0 Å². The second kappa shape index (κ2) is 53.9. The van der Waals surface area contributed by atoms with Crippen LogP contribution in [0.25, 0.3) is 0 Å². The second-order valence-electron chi connectivity index (χ2n) is 17.0. The van der Waals surface area contributed by atoms with Gasteiger partial charge in [-0.25, -0.2) is 0 Å². The molecule has 0 amide bonds. The number of esters is 2. The molecule has 0 aliphatic carbocycles. The smallest absolute Gasteiger partial charge is 0.306 e. The lowest BCUT2D eigenvalue weighted by atomic mass is 10.1. The summed E-state index contributed by atoms with van der Waals surface area (Å²) in [7, 11) is 0. The zero-order valence-corrected chi connectivity index (χ0v) is 41.8. The summed E-state index contributed by atoms with van der Waals surface area (Å²) in [5, 5.41) is 0. The van der Waals surface area contributed by atoms with Crippen LogP contribution in [0.4, 0.5) is 0 Å². The first-order valence-electron chi connectivity index (χ1n) is 26.4. The standard InChI is InChI=1S/C59H98O5/c1-4-7-10-13-16-19-22-25-27-29-31-33-36-39-42-45-48-51-54-62-55-57(64-59(61)53-50-47-44-41-38-34-24-21-18-15-12-9-6-3)56-63-58(60)52-49-46-43-40-37-35-32-30-28-26-23-20-17-14-11-8-5-2/h7,9-10,12,16,18-19,21,25-28,31,33-34,38-39,42,57H,4-6,8,11,13-15,17,20,22-24,29-30,32,35-37,40-41,43-56H2,1-3H3/b10-7-,12-9-,19-16-,21-18-,27-25-,28-26-,33-31-,38-34-,42-39-. The van der Waals surface area contributed by atoms with Crippen molar-refractivity contribution in [1.82, 2.24) is 0 Å². The van der Waals surface area contributed by atoms with Crippen LogP contribution in [0.15, 0.2) is 109 Å². The molecule has 1 unspecified atom stereocenters. The van der Waals surface area contributed by atoms with E-state index in [4.69, 9.17) is 14.2 Å². The lowest BCUT2D eigenvalue weighted by Crippen LogP contribution is -2.30. The SMILES string of the molecule is CC/C=C\C/C=C\C/C=C\C/C=C\C/C=C\CCCCOCC(COC(=O)CCCCCCCCC/C=C\CCCCCCCC)OC(=O)CCCCC/C=C\C/C=C\C/C=C\CC. The average molecular weight is 887 g/mol. The van der Waals surface area contributed by atoms with Crippen molar-refractivity contribution in [3.8, 4) is 0 Å². The van der Waals surface area contributed by atoms with Crippen molar-refractivity contribution < 1.29 is 23.8 Å². The molecule has 5 nitrogen and oxygen atoms in total. The maximum Gasteiger partial charge on any atom is 0.306 e. The molecule has 0 aromatic carbocycles. The van der Waals surface area contributed by atoms with Gasteiger partial charge in [0.05, 0.1) is 6.61 Å². The molecule has 364 valence electrons. The number of allylic oxidation sites excluding steroid dienone is 18. The van der Waals surface area contributed by atoms with Crippen molar-refractivity contribution >= 4 is 11.9 Å². The minimum Gasteiger partial charge on any atom is -0.462 e. The second-order valence-corrected chi connectivity index (χ2v) is 17.0. The van der Waals surface area contributed by atoms with Crippen molar-refractivity contribution in [2.75, 3.05) is 19.8 Å². The molecule has 5 heteroatoms. The van der Waals surface area contributed by atoms with Gasteiger partial charge in [-0.15, -0.1) is 0 Å². The third-order valence-corrected chi connectivity index (χ3v) is 10.8. The van der Waals surface area contributed by atoms with E-state index < -0.39 is 6.10 Å². The van der Waals surface area contributed by atoms with Crippen LogP contribution in [0.2, 0.25) is 0 Å². The van der Waals surface area contributed by atoms with Gasteiger partial charge in [-0.3, -0.25) is 9.59 Å². The van der Waals surface area contributed by atoms with Gasteiger partial charge in [-0.2, -0.15) is 0 Å². The van der Waals surface area contributed by atoms with Crippen LogP contribution < -0.4 is 0 Å². The van der Waals surface area contributed by atoms with Crippen molar-refractivity contribution in [3.05, 3.63) is 109 Å². The Morgan fingerprint density at radius 3 is 1.16 bits per heavy atom. The Morgan fingerprint density at radius 1 is 0.359 bits per heavy atom. The Kier molecular flexibility index (Phi) is 51.0. The summed E-state index contributed by atoms with van der Waals surface area (Å²) in [6, 6.07) is 0. The van der Waals surface area contributed by atoms with Gasteiger partial charge in [0, 0.05) is 19.4 Å². The van der Waals surface area contributed by atoms with E-state index in [2.05, 4.69) is 130 Å². The zero-order chi connectivity index (χ0) is 46.3. The molecule has 0 bridgehead atoms. The Hall–Kier alpha value is -3.44. The molecule has 0 rings (SSSR count). The summed E-state index contributed by atoms with van der Waals surface area (Å²) >= 11 is 0. The van der Waals surface area contributed by atoms with Crippen molar-refractivity contribution in [2.24, 2.45) is 0 Å².